The van der Waals surface area contributed by atoms with Gasteiger partial charge in [-0.1, -0.05) is 0 Å². The third-order valence-corrected chi connectivity index (χ3v) is 5.19. The van der Waals surface area contributed by atoms with Crippen LogP contribution in [0.5, 0.6) is 11.5 Å². The van der Waals surface area contributed by atoms with Gasteiger partial charge in [0.1, 0.15) is 6.04 Å². The number of hydrogen-bond donors (Lipinski definition) is 2. The van der Waals surface area contributed by atoms with Crippen LogP contribution in [-0.4, -0.2) is 57.8 Å². The number of benzene rings is 1. The van der Waals surface area contributed by atoms with Crippen LogP contribution in [0.2, 0.25) is 0 Å². The minimum absolute atomic E-state index is 0.245. The van der Waals surface area contributed by atoms with E-state index in [-0.39, 0.29) is 12.5 Å². The van der Waals surface area contributed by atoms with Crippen LogP contribution in [0.4, 0.5) is 5.69 Å². The number of nitrogens with zero attached hydrogens (tertiary/aromatic N) is 4. The minimum Gasteiger partial charge on any atom is -0.492 e. The molecule has 0 bridgehead atoms. The van der Waals surface area contributed by atoms with Crippen LogP contribution in [0.1, 0.15) is 24.8 Å². The second kappa shape index (κ2) is 8.52. The number of amides is 1. The fourth-order valence-corrected chi connectivity index (χ4v) is 3.66. The molecule has 2 aliphatic heterocycles. The van der Waals surface area contributed by atoms with Crippen LogP contribution in [0.3, 0.4) is 0 Å². The standard InChI is InChI=1S/C20H25N5O4/c1-28-18-14-11-25-16(12-26)19(27)23-20(25)22-15(14)5-6-17(18)29-10-4-2-3-8-24-9-7-21-13-24/h5-7,9,13,16,26H,2-4,8,10-12H2,1H3,(H,22,23,27). The number of rotatable bonds is 9. The van der Waals surface area contributed by atoms with E-state index in [1.165, 1.54) is 0 Å². The molecule has 29 heavy (non-hydrogen) atoms. The molecule has 1 fully saturated rings. The van der Waals surface area contributed by atoms with E-state index in [9.17, 15) is 9.90 Å². The van der Waals surface area contributed by atoms with Crippen molar-refractivity contribution in [2.75, 3.05) is 20.3 Å². The van der Waals surface area contributed by atoms with Gasteiger partial charge in [0, 0.05) is 24.5 Å². The number of imidazole rings is 1. The van der Waals surface area contributed by atoms with Crippen molar-refractivity contribution in [2.45, 2.75) is 38.4 Å². The van der Waals surface area contributed by atoms with Crippen molar-refractivity contribution < 1.29 is 19.4 Å². The lowest BCUT2D eigenvalue weighted by molar-refractivity contribution is -0.122. The molecule has 1 unspecified atom stereocenters. The highest BCUT2D eigenvalue weighted by atomic mass is 16.5. The van der Waals surface area contributed by atoms with Gasteiger partial charge in [0.05, 0.1) is 38.9 Å². The Hall–Kier alpha value is -3.07. The van der Waals surface area contributed by atoms with Crippen molar-refractivity contribution in [1.29, 1.82) is 0 Å². The lowest BCUT2D eigenvalue weighted by Gasteiger charge is -2.28. The van der Waals surface area contributed by atoms with Gasteiger partial charge in [-0.05, 0) is 31.4 Å². The molecule has 4 rings (SSSR count). The van der Waals surface area contributed by atoms with Gasteiger partial charge < -0.3 is 24.0 Å². The first-order valence-corrected chi connectivity index (χ1v) is 9.76. The number of aromatic nitrogens is 2. The Morgan fingerprint density at radius 2 is 2.21 bits per heavy atom. The lowest BCUT2D eigenvalue weighted by atomic mass is 10.1. The van der Waals surface area contributed by atoms with Crippen molar-refractivity contribution in [3.63, 3.8) is 0 Å². The number of aliphatic hydroxyl groups excluding tert-OH is 1. The molecule has 1 aromatic carbocycles. The summed E-state index contributed by atoms with van der Waals surface area (Å²) in [5.41, 5.74) is 1.59. The summed E-state index contributed by atoms with van der Waals surface area (Å²) in [5, 5.41) is 12.2. The molecule has 0 radical (unpaired) electrons. The summed E-state index contributed by atoms with van der Waals surface area (Å²) in [4.78, 5) is 22.3. The Kier molecular flexibility index (Phi) is 5.66. The molecule has 9 nitrogen and oxygen atoms in total. The molecule has 1 aromatic heterocycles. The van der Waals surface area contributed by atoms with Gasteiger partial charge >= 0.3 is 0 Å². The van der Waals surface area contributed by atoms with Crippen molar-refractivity contribution in [1.82, 2.24) is 19.8 Å². The largest absolute Gasteiger partial charge is 0.492 e. The second-order valence-corrected chi connectivity index (χ2v) is 7.06. The average molecular weight is 399 g/mol. The van der Waals surface area contributed by atoms with Crippen LogP contribution in [0.25, 0.3) is 0 Å². The van der Waals surface area contributed by atoms with Crippen LogP contribution in [-0.2, 0) is 17.9 Å². The number of aryl methyl sites for hydroxylation is 1. The molecular formula is C20H25N5O4. The molecule has 2 aliphatic rings. The molecule has 2 aromatic rings. The van der Waals surface area contributed by atoms with E-state index < -0.39 is 6.04 Å². The molecule has 9 heteroatoms. The summed E-state index contributed by atoms with van der Waals surface area (Å²) in [5.74, 6) is 1.51. The molecule has 2 N–H and O–H groups in total. The van der Waals surface area contributed by atoms with Gasteiger partial charge in [0.25, 0.3) is 5.91 Å². The number of nitrogens with one attached hydrogen (secondary N) is 1. The van der Waals surface area contributed by atoms with Crippen LogP contribution in [0, 0.1) is 0 Å². The van der Waals surface area contributed by atoms with Gasteiger partial charge in [-0.15, -0.1) is 0 Å². The Bertz CT molecular complexity index is 897. The quantitative estimate of drug-likeness (QED) is 0.619. The SMILES string of the molecule is COc1c(OCCCCCn2ccnc2)ccc2c1CN1C(=N2)NC(=O)C1CO. The highest BCUT2D eigenvalue weighted by molar-refractivity contribution is 6.08. The summed E-state index contributed by atoms with van der Waals surface area (Å²) in [6, 6.07) is 3.09. The Labute approximate surface area is 169 Å². The number of carbonyl (C=O) groups excluding carboxylic acids is 1. The van der Waals surface area contributed by atoms with Gasteiger partial charge in [0.2, 0.25) is 5.96 Å². The van der Waals surface area contributed by atoms with Crippen molar-refractivity contribution in [3.05, 3.63) is 36.4 Å². The second-order valence-electron chi connectivity index (χ2n) is 7.06. The van der Waals surface area contributed by atoms with E-state index in [0.717, 1.165) is 37.1 Å². The Balaban J connectivity index is 1.38. The molecular weight excluding hydrogens is 374 g/mol. The molecule has 1 atom stereocenters. The molecule has 0 saturated carbocycles. The van der Waals surface area contributed by atoms with Crippen molar-refractivity contribution in [2.24, 2.45) is 4.99 Å². The van der Waals surface area contributed by atoms with E-state index in [2.05, 4.69) is 19.9 Å². The zero-order valence-electron chi connectivity index (χ0n) is 16.4. The van der Waals surface area contributed by atoms with E-state index >= 15 is 0 Å². The molecule has 1 amide bonds. The molecule has 0 aliphatic carbocycles. The smallest absolute Gasteiger partial charge is 0.251 e. The summed E-state index contributed by atoms with van der Waals surface area (Å²) >= 11 is 0. The maximum absolute atomic E-state index is 12.0. The monoisotopic (exact) mass is 399 g/mol. The maximum atomic E-state index is 12.0. The number of fused-ring (bicyclic) bond motifs is 2. The summed E-state index contributed by atoms with van der Waals surface area (Å²) in [7, 11) is 1.60. The first kappa shape index (κ1) is 19.3. The number of unbranched alkanes of at least 4 members (excludes halogenated alkanes) is 2. The fraction of sp³-hybridized carbons (Fsp3) is 0.450. The van der Waals surface area contributed by atoms with E-state index in [1.54, 1.807) is 18.2 Å². The zero-order chi connectivity index (χ0) is 20.2. The normalized spacial score (nSPS) is 17.4. The predicted molar refractivity (Wildman–Crippen MR) is 106 cm³/mol. The molecule has 1 saturated heterocycles. The Morgan fingerprint density at radius 3 is 2.97 bits per heavy atom. The lowest BCUT2D eigenvalue weighted by Crippen LogP contribution is -2.39. The Morgan fingerprint density at radius 1 is 1.31 bits per heavy atom. The average Bonchev–Trinajstić information content (AvgIpc) is 3.35. The number of aliphatic imine (C=N–C) groups is 1. The highest BCUT2D eigenvalue weighted by Crippen LogP contribution is 2.41. The number of methoxy groups -OCH3 is 1. The number of guanidine groups is 1. The van der Waals surface area contributed by atoms with Crippen molar-refractivity contribution in [3.8, 4) is 11.5 Å². The molecule has 3 heterocycles. The summed E-state index contributed by atoms with van der Waals surface area (Å²) in [6.07, 6.45) is 8.64. The predicted octanol–water partition coefficient (Wildman–Crippen LogP) is 1.43. The van der Waals surface area contributed by atoms with Gasteiger partial charge in [-0.3, -0.25) is 10.1 Å². The fourth-order valence-electron chi connectivity index (χ4n) is 3.66. The van der Waals surface area contributed by atoms with Crippen LogP contribution in [0.15, 0.2) is 35.8 Å². The zero-order valence-corrected chi connectivity index (χ0v) is 16.4. The first-order chi connectivity index (χ1) is 14.2. The molecule has 0 spiro atoms. The number of hydrogen-bond acceptors (Lipinski definition) is 7. The van der Waals surface area contributed by atoms with E-state index in [0.29, 0.717) is 30.6 Å². The van der Waals surface area contributed by atoms with Gasteiger partial charge in [-0.25, -0.2) is 9.98 Å². The van der Waals surface area contributed by atoms with E-state index in [1.807, 2.05) is 24.7 Å². The maximum Gasteiger partial charge on any atom is 0.251 e. The van der Waals surface area contributed by atoms with Gasteiger partial charge in [-0.2, -0.15) is 0 Å². The summed E-state index contributed by atoms with van der Waals surface area (Å²) < 4.78 is 13.7. The molecule has 154 valence electrons. The van der Waals surface area contributed by atoms with Crippen LogP contribution < -0.4 is 14.8 Å². The van der Waals surface area contributed by atoms with Crippen LogP contribution >= 0.6 is 0 Å². The number of ether oxygens (including phenoxy) is 2. The van der Waals surface area contributed by atoms with Gasteiger partial charge in [0.15, 0.2) is 11.5 Å². The minimum atomic E-state index is -0.633. The summed E-state index contributed by atoms with van der Waals surface area (Å²) in [6.45, 7) is 1.70. The van der Waals surface area contributed by atoms with E-state index in [4.69, 9.17) is 9.47 Å². The third kappa shape index (κ3) is 3.91. The third-order valence-electron chi connectivity index (χ3n) is 5.19. The first-order valence-electron chi connectivity index (χ1n) is 9.76. The van der Waals surface area contributed by atoms with Crippen molar-refractivity contribution >= 4 is 17.6 Å². The number of aliphatic hydroxyl groups is 1. The number of carbonyl (C=O) groups is 1. The topological polar surface area (TPSA) is 101 Å². The highest BCUT2D eigenvalue weighted by Gasteiger charge is 2.39.